The number of hydrogen-bond acceptors (Lipinski definition) is 8. The molecular formula is C16H12ClN3O2S3. The maximum atomic E-state index is 5.99. The highest BCUT2D eigenvalue weighted by Crippen LogP contribution is 2.38. The predicted molar refractivity (Wildman–Crippen MR) is 106 cm³/mol. The summed E-state index contributed by atoms with van der Waals surface area (Å²) in [6.07, 6.45) is 0. The third kappa shape index (κ3) is 3.30. The van der Waals surface area contributed by atoms with Gasteiger partial charge < -0.3 is 14.8 Å². The summed E-state index contributed by atoms with van der Waals surface area (Å²) in [4.78, 5) is 10.3. The third-order valence-corrected chi connectivity index (χ3v) is 6.36. The average Bonchev–Trinajstić information content (AvgIpc) is 3.33. The van der Waals surface area contributed by atoms with E-state index < -0.39 is 0 Å². The molecule has 0 aliphatic rings. The number of thiazole rings is 2. The van der Waals surface area contributed by atoms with E-state index in [1.165, 1.54) is 34.0 Å². The monoisotopic (exact) mass is 409 g/mol. The molecule has 4 aromatic rings. The molecule has 0 radical (unpaired) electrons. The van der Waals surface area contributed by atoms with Crippen molar-refractivity contribution < 1.29 is 9.47 Å². The number of fused-ring (bicyclic) bond motifs is 1. The molecule has 0 saturated heterocycles. The van der Waals surface area contributed by atoms with Gasteiger partial charge in [-0.1, -0.05) is 22.9 Å². The number of thiophene rings is 1. The number of aromatic nitrogens is 2. The normalized spacial score (nSPS) is 11.0. The number of ether oxygens (including phenoxy) is 2. The fourth-order valence-corrected chi connectivity index (χ4v) is 5.05. The van der Waals surface area contributed by atoms with E-state index in [2.05, 4.69) is 15.3 Å². The molecule has 0 amide bonds. The zero-order valence-electron chi connectivity index (χ0n) is 13.2. The van der Waals surface area contributed by atoms with Gasteiger partial charge in [-0.25, -0.2) is 9.97 Å². The first kappa shape index (κ1) is 16.6. The Bertz CT molecular complexity index is 1040. The van der Waals surface area contributed by atoms with Crippen LogP contribution in [0.1, 0.15) is 0 Å². The van der Waals surface area contributed by atoms with Crippen molar-refractivity contribution in [3.05, 3.63) is 34.0 Å². The summed E-state index contributed by atoms with van der Waals surface area (Å²) in [5, 5.41) is 6.81. The minimum atomic E-state index is 0.687. The van der Waals surface area contributed by atoms with E-state index in [9.17, 15) is 0 Å². The van der Waals surface area contributed by atoms with Crippen LogP contribution in [-0.2, 0) is 0 Å². The summed E-state index contributed by atoms with van der Waals surface area (Å²) >= 11 is 10.6. The SMILES string of the molecule is COc1cc(OC)c2nc(Nc3nc(-c4ccc(Cl)s4)cs3)sc2c1. The number of nitrogens with zero attached hydrogens (tertiary/aromatic N) is 2. The van der Waals surface area contributed by atoms with Gasteiger partial charge in [-0.15, -0.1) is 22.7 Å². The maximum Gasteiger partial charge on any atom is 0.190 e. The molecule has 5 nitrogen and oxygen atoms in total. The van der Waals surface area contributed by atoms with Crippen molar-refractivity contribution in [2.75, 3.05) is 19.5 Å². The van der Waals surface area contributed by atoms with Gasteiger partial charge in [-0.05, 0) is 18.2 Å². The molecule has 25 heavy (non-hydrogen) atoms. The maximum absolute atomic E-state index is 5.99. The summed E-state index contributed by atoms with van der Waals surface area (Å²) in [6.45, 7) is 0. The Balaban J connectivity index is 1.63. The van der Waals surface area contributed by atoms with Gasteiger partial charge in [-0.2, -0.15) is 0 Å². The van der Waals surface area contributed by atoms with E-state index in [1.807, 2.05) is 29.6 Å². The number of hydrogen-bond donors (Lipinski definition) is 1. The summed E-state index contributed by atoms with van der Waals surface area (Å²) in [7, 11) is 3.26. The minimum Gasteiger partial charge on any atom is -0.497 e. The van der Waals surface area contributed by atoms with Gasteiger partial charge in [0.2, 0.25) is 0 Å². The Morgan fingerprint density at radius 3 is 2.64 bits per heavy atom. The molecular weight excluding hydrogens is 398 g/mol. The molecule has 0 saturated carbocycles. The average molecular weight is 410 g/mol. The highest BCUT2D eigenvalue weighted by atomic mass is 35.5. The second kappa shape index (κ2) is 6.80. The van der Waals surface area contributed by atoms with E-state index in [-0.39, 0.29) is 0 Å². The number of anilines is 2. The Kier molecular flexibility index (Phi) is 4.51. The van der Waals surface area contributed by atoms with Gasteiger partial charge in [0.25, 0.3) is 0 Å². The van der Waals surface area contributed by atoms with Crippen molar-refractivity contribution in [1.29, 1.82) is 0 Å². The number of halogens is 1. The largest absolute Gasteiger partial charge is 0.497 e. The van der Waals surface area contributed by atoms with Gasteiger partial charge in [0, 0.05) is 11.4 Å². The van der Waals surface area contributed by atoms with Gasteiger partial charge in [0.1, 0.15) is 17.0 Å². The molecule has 3 heterocycles. The van der Waals surface area contributed by atoms with Crippen molar-refractivity contribution in [3.8, 4) is 22.1 Å². The third-order valence-electron chi connectivity index (χ3n) is 3.43. The first-order valence-electron chi connectivity index (χ1n) is 7.17. The molecule has 3 aromatic heterocycles. The van der Waals surface area contributed by atoms with E-state index >= 15 is 0 Å². The minimum absolute atomic E-state index is 0.687. The fourth-order valence-electron chi connectivity index (χ4n) is 2.29. The van der Waals surface area contributed by atoms with E-state index in [1.54, 1.807) is 14.2 Å². The molecule has 1 N–H and O–H groups in total. The molecule has 4 rings (SSSR count). The van der Waals surface area contributed by atoms with Crippen molar-refractivity contribution in [2.45, 2.75) is 0 Å². The molecule has 0 aliphatic heterocycles. The van der Waals surface area contributed by atoms with Gasteiger partial charge in [0.15, 0.2) is 10.3 Å². The summed E-state index contributed by atoms with van der Waals surface area (Å²) in [5.74, 6) is 1.43. The van der Waals surface area contributed by atoms with Gasteiger partial charge in [-0.3, -0.25) is 0 Å². The smallest absolute Gasteiger partial charge is 0.190 e. The Labute approximate surface area is 160 Å². The molecule has 0 bridgehead atoms. The number of nitrogens with one attached hydrogen (secondary N) is 1. The van der Waals surface area contributed by atoms with Crippen LogP contribution in [0.3, 0.4) is 0 Å². The molecule has 0 atom stereocenters. The zero-order valence-corrected chi connectivity index (χ0v) is 16.4. The highest BCUT2D eigenvalue weighted by Gasteiger charge is 2.13. The lowest BCUT2D eigenvalue weighted by Crippen LogP contribution is -1.89. The number of benzene rings is 1. The highest BCUT2D eigenvalue weighted by molar-refractivity contribution is 7.23. The molecule has 0 aliphatic carbocycles. The Morgan fingerprint density at radius 2 is 1.92 bits per heavy atom. The second-order valence-corrected chi connectivity index (χ2v) is 8.57. The van der Waals surface area contributed by atoms with Crippen molar-refractivity contribution in [3.63, 3.8) is 0 Å². The fraction of sp³-hybridized carbons (Fsp3) is 0.125. The lowest BCUT2D eigenvalue weighted by atomic mass is 10.3. The van der Waals surface area contributed by atoms with Crippen LogP contribution in [0, 0.1) is 0 Å². The van der Waals surface area contributed by atoms with Crippen molar-refractivity contribution in [1.82, 2.24) is 9.97 Å². The standard InChI is InChI=1S/C16H12ClN3O2S3/c1-21-8-5-10(22-2)14-12(6-8)25-16(19-14)20-15-18-9(7-23-15)11-3-4-13(17)24-11/h3-7H,1-2H3,(H,18,19,20). The first-order valence-corrected chi connectivity index (χ1v) is 10.1. The molecule has 0 spiro atoms. The summed E-state index contributed by atoms with van der Waals surface area (Å²) in [6, 6.07) is 7.62. The van der Waals surface area contributed by atoms with Crippen LogP contribution in [0.15, 0.2) is 29.6 Å². The summed E-state index contributed by atoms with van der Waals surface area (Å²) in [5.41, 5.74) is 1.71. The van der Waals surface area contributed by atoms with Crippen molar-refractivity contribution >= 4 is 66.1 Å². The quantitative estimate of drug-likeness (QED) is 0.445. The molecule has 128 valence electrons. The van der Waals surface area contributed by atoms with Crippen LogP contribution in [0.2, 0.25) is 4.34 Å². The van der Waals surface area contributed by atoms with Crippen molar-refractivity contribution in [2.24, 2.45) is 0 Å². The lowest BCUT2D eigenvalue weighted by molar-refractivity contribution is 0.397. The van der Waals surface area contributed by atoms with Crippen LogP contribution in [0.4, 0.5) is 10.3 Å². The molecule has 0 fully saturated rings. The Morgan fingerprint density at radius 1 is 1.04 bits per heavy atom. The first-order chi connectivity index (χ1) is 12.2. The second-order valence-electron chi connectivity index (χ2n) is 4.96. The molecule has 1 aromatic carbocycles. The van der Waals surface area contributed by atoms with Crippen LogP contribution < -0.4 is 14.8 Å². The van der Waals surface area contributed by atoms with E-state index in [4.69, 9.17) is 21.1 Å². The predicted octanol–water partition coefficient (Wildman–Crippen LogP) is 5.90. The number of rotatable bonds is 5. The van der Waals surface area contributed by atoms with Gasteiger partial charge in [0.05, 0.1) is 33.8 Å². The van der Waals surface area contributed by atoms with E-state index in [0.29, 0.717) is 5.75 Å². The van der Waals surface area contributed by atoms with E-state index in [0.717, 1.165) is 41.1 Å². The van der Waals surface area contributed by atoms with Crippen LogP contribution >= 0.6 is 45.6 Å². The lowest BCUT2D eigenvalue weighted by Gasteiger charge is -2.03. The topological polar surface area (TPSA) is 56.3 Å². The zero-order chi connectivity index (χ0) is 17.4. The number of methoxy groups -OCH3 is 2. The van der Waals surface area contributed by atoms with Gasteiger partial charge >= 0.3 is 0 Å². The molecule has 0 unspecified atom stereocenters. The Hall–Kier alpha value is -1.87. The van der Waals surface area contributed by atoms with Crippen LogP contribution in [0.5, 0.6) is 11.5 Å². The van der Waals surface area contributed by atoms with Crippen LogP contribution in [0.25, 0.3) is 20.8 Å². The van der Waals surface area contributed by atoms with Crippen LogP contribution in [-0.4, -0.2) is 24.2 Å². The summed E-state index contributed by atoms with van der Waals surface area (Å²) < 4.78 is 12.5. The molecule has 9 heteroatoms.